The zero-order valence-corrected chi connectivity index (χ0v) is 11.1. The van der Waals surface area contributed by atoms with Crippen molar-refractivity contribution in [2.75, 3.05) is 18.6 Å². The Kier molecular flexibility index (Phi) is 6.75. The fraction of sp³-hybridized carbons (Fsp3) is 0.333. The molecule has 0 fully saturated rings. The third-order valence-electron chi connectivity index (χ3n) is 1.92. The van der Waals surface area contributed by atoms with Crippen LogP contribution < -0.4 is 4.90 Å². The Balaban J connectivity index is 0.00000256. The van der Waals surface area contributed by atoms with Gasteiger partial charge in [-0.1, -0.05) is 11.6 Å². The van der Waals surface area contributed by atoms with Crippen molar-refractivity contribution in [3.63, 3.8) is 0 Å². The number of aromatic nitrogens is 1. The molecular formula is C9H10ClFN3O2Pd-. The van der Waals surface area contributed by atoms with Crippen molar-refractivity contribution in [3.8, 4) is 0 Å². The normalized spacial score (nSPS) is 11.6. The fourth-order valence-electron chi connectivity index (χ4n) is 1.07. The van der Waals surface area contributed by atoms with Gasteiger partial charge in [-0.2, -0.15) is 0 Å². The molecule has 1 heterocycles. The number of amides is 1. The molecule has 0 aromatic carbocycles. The predicted molar refractivity (Wildman–Crippen MR) is 57.8 cm³/mol. The van der Waals surface area contributed by atoms with E-state index in [1.165, 1.54) is 13.2 Å². The van der Waals surface area contributed by atoms with Crippen LogP contribution in [0.4, 0.5) is 10.2 Å². The Hall–Kier alpha value is -0.578. The Morgan fingerprint density at radius 3 is 2.82 bits per heavy atom. The van der Waals surface area contributed by atoms with E-state index in [2.05, 4.69) is 4.98 Å². The van der Waals surface area contributed by atoms with Crippen molar-refractivity contribution >= 4 is 23.3 Å². The second-order valence-corrected chi connectivity index (χ2v) is 3.53. The van der Waals surface area contributed by atoms with E-state index in [1.807, 2.05) is 0 Å². The number of aliphatic hydroxyl groups is 1. The van der Waals surface area contributed by atoms with E-state index >= 15 is 0 Å². The SMILES string of the molecule is CN(C(=O)C([NH-])CO)c1ncc(Cl)cc1F.[Pd]. The van der Waals surface area contributed by atoms with Crippen LogP contribution in [0.15, 0.2) is 12.3 Å². The second-order valence-electron chi connectivity index (χ2n) is 3.09. The third-order valence-corrected chi connectivity index (χ3v) is 2.12. The first-order chi connectivity index (χ1) is 7.47. The van der Waals surface area contributed by atoms with Crippen LogP contribution in [-0.2, 0) is 25.2 Å². The van der Waals surface area contributed by atoms with Gasteiger partial charge in [-0.3, -0.25) is 9.69 Å². The van der Waals surface area contributed by atoms with Crippen LogP contribution in [0.25, 0.3) is 5.73 Å². The monoisotopic (exact) mass is 352 g/mol. The number of carbonyl (C=O) groups is 1. The van der Waals surface area contributed by atoms with E-state index in [0.29, 0.717) is 0 Å². The number of hydrogen-bond donors (Lipinski definition) is 1. The topological polar surface area (TPSA) is 77.2 Å². The molecule has 0 radical (unpaired) electrons. The smallest absolute Gasteiger partial charge is 0.212 e. The molecule has 1 unspecified atom stereocenters. The predicted octanol–water partition coefficient (Wildman–Crippen LogP) is 1.25. The number of carbonyl (C=O) groups excluding carboxylic acids is 1. The molecule has 1 rings (SSSR count). The molecule has 0 aliphatic heterocycles. The molecule has 0 saturated heterocycles. The van der Waals surface area contributed by atoms with Gasteiger partial charge in [0.25, 0.3) is 0 Å². The van der Waals surface area contributed by atoms with E-state index in [9.17, 15) is 9.18 Å². The summed E-state index contributed by atoms with van der Waals surface area (Å²) in [7, 11) is 1.28. The van der Waals surface area contributed by atoms with Gasteiger partial charge in [-0.15, -0.1) is 0 Å². The van der Waals surface area contributed by atoms with Gasteiger partial charge < -0.3 is 10.8 Å². The van der Waals surface area contributed by atoms with E-state index in [4.69, 9.17) is 22.4 Å². The summed E-state index contributed by atoms with van der Waals surface area (Å²) in [5.41, 5.74) is 7.20. The molecule has 0 saturated carbocycles. The first-order valence-electron chi connectivity index (χ1n) is 4.38. The Bertz CT molecular complexity index is 408. The molecule has 1 atom stereocenters. The Labute approximate surface area is 116 Å². The number of pyridine rings is 1. The average molecular weight is 353 g/mol. The maximum atomic E-state index is 13.4. The number of halogens is 2. The summed E-state index contributed by atoms with van der Waals surface area (Å²) in [5, 5.41) is 8.76. The number of hydrogen-bond acceptors (Lipinski definition) is 3. The van der Waals surface area contributed by atoms with Gasteiger partial charge in [-0.25, -0.2) is 9.37 Å². The number of likely N-dealkylation sites (N-methyl/N-ethyl adjacent to an activating group) is 1. The van der Waals surface area contributed by atoms with Crippen molar-refractivity contribution in [1.82, 2.24) is 4.98 Å². The molecule has 0 spiro atoms. The molecule has 5 nitrogen and oxygen atoms in total. The number of anilines is 1. The molecule has 8 heteroatoms. The summed E-state index contributed by atoms with van der Waals surface area (Å²) in [6.07, 6.45) is 1.20. The van der Waals surface area contributed by atoms with Crippen LogP contribution in [0.3, 0.4) is 0 Å². The van der Waals surface area contributed by atoms with Crippen molar-refractivity contribution in [1.29, 1.82) is 0 Å². The molecule has 17 heavy (non-hydrogen) atoms. The van der Waals surface area contributed by atoms with E-state index < -0.39 is 24.4 Å². The maximum absolute atomic E-state index is 13.4. The number of rotatable bonds is 3. The third kappa shape index (κ3) is 3.98. The minimum Gasteiger partial charge on any atom is -0.665 e. The van der Waals surface area contributed by atoms with Gasteiger partial charge >= 0.3 is 0 Å². The summed E-state index contributed by atoms with van der Waals surface area (Å²) in [6.45, 7) is -0.627. The fourth-order valence-corrected chi connectivity index (χ4v) is 1.21. The molecule has 1 amide bonds. The molecular weight excluding hydrogens is 343 g/mol. The van der Waals surface area contributed by atoms with E-state index in [-0.39, 0.29) is 31.3 Å². The first kappa shape index (κ1) is 16.4. The van der Waals surface area contributed by atoms with Crippen molar-refractivity contribution < 1.29 is 34.7 Å². The zero-order valence-electron chi connectivity index (χ0n) is 8.76. The van der Waals surface area contributed by atoms with E-state index in [1.54, 1.807) is 0 Å². The average Bonchev–Trinajstić information content (AvgIpc) is 2.26. The summed E-state index contributed by atoms with van der Waals surface area (Å²) < 4.78 is 13.4. The largest absolute Gasteiger partial charge is 0.665 e. The first-order valence-corrected chi connectivity index (χ1v) is 4.75. The van der Waals surface area contributed by atoms with E-state index in [0.717, 1.165) is 11.0 Å². The number of nitrogens with zero attached hydrogens (tertiary/aromatic N) is 2. The summed E-state index contributed by atoms with van der Waals surface area (Å²) in [4.78, 5) is 16.0. The number of aliphatic hydroxyl groups excluding tert-OH is 1. The second kappa shape index (κ2) is 6.99. The molecule has 0 aliphatic rings. The van der Waals surface area contributed by atoms with Gasteiger partial charge in [0.15, 0.2) is 11.6 Å². The van der Waals surface area contributed by atoms with Crippen LogP contribution >= 0.6 is 11.6 Å². The molecule has 0 aliphatic carbocycles. The number of nitrogens with one attached hydrogen (secondary N) is 1. The quantitative estimate of drug-likeness (QED) is 0.831. The summed E-state index contributed by atoms with van der Waals surface area (Å²) >= 11 is 5.51. The van der Waals surface area contributed by atoms with Gasteiger partial charge in [0.1, 0.15) is 0 Å². The van der Waals surface area contributed by atoms with Crippen LogP contribution in [0.1, 0.15) is 0 Å². The molecule has 2 N–H and O–H groups in total. The van der Waals surface area contributed by atoms with Crippen LogP contribution in [-0.4, -0.2) is 35.7 Å². The molecule has 98 valence electrons. The zero-order chi connectivity index (χ0) is 12.3. The summed E-state index contributed by atoms with van der Waals surface area (Å²) in [5.74, 6) is -1.72. The van der Waals surface area contributed by atoms with Crippen molar-refractivity contribution in [2.24, 2.45) is 0 Å². The minimum atomic E-state index is -1.35. The molecule has 1 aromatic rings. The van der Waals surface area contributed by atoms with Crippen LogP contribution in [0, 0.1) is 5.82 Å². The van der Waals surface area contributed by atoms with Crippen LogP contribution in [0.2, 0.25) is 5.02 Å². The van der Waals surface area contributed by atoms with Gasteiger partial charge in [0.2, 0.25) is 5.91 Å². The standard InChI is InChI=1S/C9H10ClFN3O2.Pd/c1-14(9(16)7(12)4-15)8-6(11)2-5(10)3-13-8;/h2-3,7,12,15H,4H2,1H3;/q-1;. The summed E-state index contributed by atoms with van der Waals surface area (Å²) in [6, 6.07) is -0.326. The Morgan fingerprint density at radius 1 is 1.76 bits per heavy atom. The molecule has 1 aromatic heterocycles. The van der Waals surface area contributed by atoms with Crippen LogP contribution in [0.5, 0.6) is 0 Å². The van der Waals surface area contributed by atoms with Gasteiger partial charge in [-0.05, 0) is 12.1 Å². The van der Waals surface area contributed by atoms with Crippen molar-refractivity contribution in [3.05, 3.63) is 28.8 Å². The van der Waals surface area contributed by atoms with Gasteiger partial charge in [0, 0.05) is 40.3 Å². The maximum Gasteiger partial charge on any atom is 0.212 e. The Morgan fingerprint density at radius 2 is 2.35 bits per heavy atom. The molecule has 0 bridgehead atoms. The minimum absolute atomic E-state index is 0. The van der Waals surface area contributed by atoms with Gasteiger partial charge in [0.05, 0.1) is 5.02 Å². The van der Waals surface area contributed by atoms with Crippen molar-refractivity contribution in [2.45, 2.75) is 6.04 Å².